The predicted octanol–water partition coefficient (Wildman–Crippen LogP) is 5.14. The highest BCUT2D eigenvalue weighted by Crippen LogP contribution is 2.30. The monoisotopic (exact) mass is 404 g/mol. The minimum atomic E-state index is -0.311. The van der Waals surface area contributed by atoms with E-state index in [1.165, 1.54) is 0 Å². The summed E-state index contributed by atoms with van der Waals surface area (Å²) in [6.07, 6.45) is 1.56. The lowest BCUT2D eigenvalue weighted by Crippen LogP contribution is -2.02. The van der Waals surface area contributed by atoms with E-state index in [2.05, 4.69) is 4.98 Å². The first-order valence-electron chi connectivity index (χ1n) is 8.95. The van der Waals surface area contributed by atoms with E-state index in [4.69, 9.17) is 9.47 Å². The summed E-state index contributed by atoms with van der Waals surface area (Å²) in [5.74, 6) is 0.777. The fraction of sp³-hybridized carbons (Fsp3) is 0.174. The number of hydrogen-bond acceptors (Lipinski definition) is 6. The molecule has 0 saturated carbocycles. The summed E-state index contributed by atoms with van der Waals surface area (Å²) in [6, 6.07) is 14.5. The molecule has 0 aliphatic rings. The second-order valence-electron chi connectivity index (χ2n) is 6.43. The van der Waals surface area contributed by atoms with Crippen LogP contribution in [0.4, 0.5) is 0 Å². The van der Waals surface area contributed by atoms with Crippen LogP contribution in [0.5, 0.6) is 11.5 Å². The van der Waals surface area contributed by atoms with Crippen molar-refractivity contribution in [2.45, 2.75) is 20.5 Å². The van der Waals surface area contributed by atoms with Crippen molar-refractivity contribution in [1.82, 2.24) is 4.98 Å². The predicted molar refractivity (Wildman–Crippen MR) is 113 cm³/mol. The SMILES string of the molecule is COc1cc(/C=C(\C#N)C(=O)c2cccc(C)c2)ccc1OCc1csc(C)n1. The molecule has 0 atom stereocenters. The number of nitrogens with zero attached hydrogens (tertiary/aromatic N) is 2. The summed E-state index contributed by atoms with van der Waals surface area (Å²) in [4.78, 5) is 17.0. The van der Waals surface area contributed by atoms with Gasteiger partial charge >= 0.3 is 0 Å². The number of carbonyl (C=O) groups is 1. The number of aromatic nitrogens is 1. The standard InChI is InChI=1S/C23H20N2O3S/c1-15-5-4-6-18(9-15)23(26)19(12-24)10-17-7-8-21(22(11-17)27-3)28-13-20-14-29-16(2)25-20/h4-11,14H,13H2,1-3H3/b19-10+. The minimum absolute atomic E-state index is 0.0595. The maximum atomic E-state index is 12.7. The van der Waals surface area contributed by atoms with E-state index in [1.54, 1.807) is 60.9 Å². The van der Waals surface area contributed by atoms with Crippen LogP contribution in [0.25, 0.3) is 6.08 Å². The molecule has 29 heavy (non-hydrogen) atoms. The molecule has 0 spiro atoms. The van der Waals surface area contributed by atoms with Crippen LogP contribution in [-0.2, 0) is 6.61 Å². The fourth-order valence-corrected chi connectivity index (χ4v) is 3.37. The molecule has 1 aromatic heterocycles. The van der Waals surface area contributed by atoms with Crippen LogP contribution >= 0.6 is 11.3 Å². The van der Waals surface area contributed by atoms with Gasteiger partial charge in [0.2, 0.25) is 5.78 Å². The third kappa shape index (κ3) is 5.09. The summed E-state index contributed by atoms with van der Waals surface area (Å²) < 4.78 is 11.2. The maximum Gasteiger partial charge on any atom is 0.203 e. The summed E-state index contributed by atoms with van der Waals surface area (Å²) in [5, 5.41) is 12.4. The molecule has 0 unspecified atom stereocenters. The number of nitriles is 1. The molecule has 0 saturated heterocycles. The number of benzene rings is 2. The molecule has 0 aliphatic heterocycles. The normalized spacial score (nSPS) is 11.0. The van der Waals surface area contributed by atoms with Crippen molar-refractivity contribution < 1.29 is 14.3 Å². The Morgan fingerprint density at radius 3 is 2.69 bits per heavy atom. The molecule has 3 rings (SSSR count). The van der Waals surface area contributed by atoms with E-state index in [-0.39, 0.29) is 11.4 Å². The van der Waals surface area contributed by atoms with Crippen molar-refractivity contribution >= 4 is 23.2 Å². The van der Waals surface area contributed by atoms with Crippen LogP contribution in [0.15, 0.2) is 53.4 Å². The van der Waals surface area contributed by atoms with Gasteiger partial charge in [0.05, 0.1) is 17.8 Å². The second-order valence-corrected chi connectivity index (χ2v) is 7.49. The van der Waals surface area contributed by atoms with Gasteiger partial charge in [-0.15, -0.1) is 11.3 Å². The lowest BCUT2D eigenvalue weighted by atomic mass is 10.0. The smallest absolute Gasteiger partial charge is 0.203 e. The number of Topliss-reactive ketones (excluding diaryl/α,β-unsaturated/α-hetero) is 1. The quantitative estimate of drug-likeness (QED) is 0.310. The van der Waals surface area contributed by atoms with Crippen molar-refractivity contribution in [3.63, 3.8) is 0 Å². The zero-order chi connectivity index (χ0) is 20.8. The van der Waals surface area contributed by atoms with E-state index in [0.29, 0.717) is 29.2 Å². The Balaban J connectivity index is 1.82. The number of rotatable bonds is 7. The van der Waals surface area contributed by atoms with Crippen molar-refractivity contribution in [3.8, 4) is 17.6 Å². The molecule has 3 aromatic rings. The minimum Gasteiger partial charge on any atom is -0.493 e. The molecule has 0 bridgehead atoms. The topological polar surface area (TPSA) is 72.2 Å². The highest BCUT2D eigenvalue weighted by atomic mass is 32.1. The summed E-state index contributed by atoms with van der Waals surface area (Å²) in [5.41, 5.74) is 3.05. The van der Waals surface area contributed by atoms with Gasteiger partial charge in [-0.3, -0.25) is 4.79 Å². The molecule has 0 radical (unpaired) electrons. The van der Waals surface area contributed by atoms with Gasteiger partial charge in [0.25, 0.3) is 0 Å². The molecule has 0 amide bonds. The molecule has 6 heteroatoms. The summed E-state index contributed by atoms with van der Waals surface area (Å²) in [6.45, 7) is 4.19. The van der Waals surface area contributed by atoms with Crippen LogP contribution < -0.4 is 9.47 Å². The van der Waals surface area contributed by atoms with Crippen LogP contribution in [0.1, 0.15) is 32.2 Å². The van der Waals surface area contributed by atoms with Gasteiger partial charge in [-0.05, 0) is 43.7 Å². The first-order chi connectivity index (χ1) is 14.0. The molecule has 5 nitrogen and oxygen atoms in total. The van der Waals surface area contributed by atoms with Crippen LogP contribution in [0, 0.1) is 25.2 Å². The van der Waals surface area contributed by atoms with Gasteiger partial charge < -0.3 is 9.47 Å². The van der Waals surface area contributed by atoms with E-state index in [0.717, 1.165) is 16.3 Å². The van der Waals surface area contributed by atoms with Gasteiger partial charge in [0, 0.05) is 10.9 Å². The number of ether oxygens (including phenoxy) is 2. The van der Waals surface area contributed by atoms with E-state index < -0.39 is 0 Å². The Kier molecular flexibility index (Phi) is 6.43. The highest BCUT2D eigenvalue weighted by Gasteiger charge is 2.13. The van der Waals surface area contributed by atoms with Gasteiger partial charge in [-0.1, -0.05) is 29.8 Å². The second kappa shape index (κ2) is 9.18. The molecule has 0 N–H and O–H groups in total. The number of allylic oxidation sites excluding steroid dienone is 1. The Labute approximate surface area is 173 Å². The Bertz CT molecular complexity index is 1110. The molecular weight excluding hydrogens is 384 g/mol. The van der Waals surface area contributed by atoms with Crippen LogP contribution in [0.2, 0.25) is 0 Å². The Hall–Kier alpha value is -3.43. The average molecular weight is 404 g/mol. The number of carbonyl (C=O) groups excluding carboxylic acids is 1. The lowest BCUT2D eigenvalue weighted by molar-refractivity contribution is 0.104. The maximum absolute atomic E-state index is 12.7. The number of hydrogen-bond donors (Lipinski definition) is 0. The van der Waals surface area contributed by atoms with Crippen molar-refractivity contribution in [2.24, 2.45) is 0 Å². The van der Waals surface area contributed by atoms with Gasteiger partial charge in [0.15, 0.2) is 11.5 Å². The van der Waals surface area contributed by atoms with Crippen molar-refractivity contribution in [1.29, 1.82) is 5.26 Å². The summed E-state index contributed by atoms with van der Waals surface area (Å²) in [7, 11) is 1.55. The zero-order valence-electron chi connectivity index (χ0n) is 16.4. The molecular formula is C23H20N2O3S. The van der Waals surface area contributed by atoms with Gasteiger partial charge in [-0.2, -0.15) is 5.26 Å². The highest BCUT2D eigenvalue weighted by molar-refractivity contribution is 7.09. The Morgan fingerprint density at radius 1 is 1.21 bits per heavy atom. The first-order valence-corrected chi connectivity index (χ1v) is 9.83. The molecule has 2 aromatic carbocycles. The third-order valence-electron chi connectivity index (χ3n) is 4.19. The van der Waals surface area contributed by atoms with Crippen molar-refractivity contribution in [3.05, 3.63) is 80.8 Å². The molecule has 0 fully saturated rings. The Morgan fingerprint density at radius 2 is 2.03 bits per heavy atom. The van der Waals surface area contributed by atoms with E-state index in [1.807, 2.05) is 31.4 Å². The summed E-state index contributed by atoms with van der Waals surface area (Å²) >= 11 is 1.57. The number of methoxy groups -OCH3 is 1. The largest absolute Gasteiger partial charge is 0.493 e. The molecule has 146 valence electrons. The average Bonchev–Trinajstić information content (AvgIpc) is 3.15. The van der Waals surface area contributed by atoms with Gasteiger partial charge in [0.1, 0.15) is 18.2 Å². The van der Waals surface area contributed by atoms with Crippen molar-refractivity contribution in [2.75, 3.05) is 7.11 Å². The number of thiazole rings is 1. The molecule has 1 heterocycles. The zero-order valence-corrected chi connectivity index (χ0v) is 17.2. The number of aryl methyl sites for hydroxylation is 2. The number of ketones is 1. The van der Waals surface area contributed by atoms with Crippen LogP contribution in [0.3, 0.4) is 0 Å². The van der Waals surface area contributed by atoms with E-state index >= 15 is 0 Å². The lowest BCUT2D eigenvalue weighted by Gasteiger charge is -2.10. The third-order valence-corrected chi connectivity index (χ3v) is 5.01. The van der Waals surface area contributed by atoms with Crippen LogP contribution in [-0.4, -0.2) is 17.9 Å². The molecule has 0 aliphatic carbocycles. The van der Waals surface area contributed by atoms with Gasteiger partial charge in [-0.25, -0.2) is 4.98 Å². The first kappa shape index (κ1) is 20.3. The fourth-order valence-electron chi connectivity index (χ4n) is 2.78. The van der Waals surface area contributed by atoms with E-state index in [9.17, 15) is 10.1 Å².